The van der Waals surface area contributed by atoms with Crippen molar-refractivity contribution >= 4 is 23.6 Å². The molecule has 11 heteroatoms. The number of hydrogen-bond acceptors (Lipinski definition) is 6. The zero-order valence-electron chi connectivity index (χ0n) is 16.3. The van der Waals surface area contributed by atoms with Crippen molar-refractivity contribution in [2.24, 2.45) is 5.10 Å². The van der Waals surface area contributed by atoms with Gasteiger partial charge in [-0.15, -0.1) is 0 Å². The van der Waals surface area contributed by atoms with E-state index in [1.165, 1.54) is 28.5 Å². The standard InChI is InChI=1S/C20H18F2N6O2S/c21-14-6-13(7-15(22)8-14)18-2-4-25-28(18)20(29)26-10-16(11-26)30-19-23-9-17(31-19)12-27-5-1-3-24-27/h1,3-9,16,18H,2,10-12H2/t18-/m0/s1. The molecule has 0 bridgehead atoms. The first-order chi connectivity index (χ1) is 15.0. The highest BCUT2D eigenvalue weighted by Crippen LogP contribution is 2.32. The molecule has 2 aliphatic heterocycles. The van der Waals surface area contributed by atoms with Crippen LogP contribution in [0.2, 0.25) is 0 Å². The lowest BCUT2D eigenvalue weighted by molar-refractivity contribution is 0.0276. The van der Waals surface area contributed by atoms with Crippen LogP contribution in [-0.2, 0) is 6.54 Å². The van der Waals surface area contributed by atoms with Crippen molar-refractivity contribution in [3.05, 3.63) is 64.9 Å². The van der Waals surface area contributed by atoms with Crippen molar-refractivity contribution in [3.63, 3.8) is 0 Å². The van der Waals surface area contributed by atoms with Crippen LogP contribution in [0.4, 0.5) is 13.6 Å². The Morgan fingerprint density at radius 2 is 2.03 bits per heavy atom. The monoisotopic (exact) mass is 444 g/mol. The maximum absolute atomic E-state index is 13.6. The molecule has 1 atom stereocenters. The number of rotatable bonds is 5. The summed E-state index contributed by atoms with van der Waals surface area (Å²) in [6, 6.07) is 4.28. The number of benzene rings is 1. The highest BCUT2D eigenvalue weighted by atomic mass is 32.1. The van der Waals surface area contributed by atoms with Gasteiger partial charge in [0.25, 0.3) is 5.19 Å². The largest absolute Gasteiger partial charge is 0.463 e. The fraction of sp³-hybridized carbons (Fsp3) is 0.300. The smallest absolute Gasteiger partial charge is 0.341 e. The van der Waals surface area contributed by atoms with Crippen molar-refractivity contribution in [2.45, 2.75) is 25.1 Å². The lowest BCUT2D eigenvalue weighted by Gasteiger charge is -2.40. The van der Waals surface area contributed by atoms with Crippen LogP contribution in [0.25, 0.3) is 0 Å². The Morgan fingerprint density at radius 3 is 2.77 bits per heavy atom. The number of aromatic nitrogens is 3. The number of ether oxygens (including phenoxy) is 1. The summed E-state index contributed by atoms with van der Waals surface area (Å²) >= 11 is 1.44. The molecule has 5 rings (SSSR count). The second kappa shape index (κ2) is 8.06. The van der Waals surface area contributed by atoms with Gasteiger partial charge in [-0.1, -0.05) is 11.3 Å². The van der Waals surface area contributed by atoms with Gasteiger partial charge in [-0.25, -0.2) is 23.6 Å². The van der Waals surface area contributed by atoms with E-state index in [2.05, 4.69) is 15.2 Å². The number of nitrogens with zero attached hydrogens (tertiary/aromatic N) is 6. The number of hydrogen-bond donors (Lipinski definition) is 0. The van der Waals surface area contributed by atoms with Gasteiger partial charge >= 0.3 is 6.03 Å². The molecule has 0 N–H and O–H groups in total. The zero-order valence-corrected chi connectivity index (χ0v) is 17.1. The van der Waals surface area contributed by atoms with Crippen molar-refractivity contribution in [2.75, 3.05) is 13.1 Å². The van der Waals surface area contributed by atoms with Crippen LogP contribution in [-0.4, -0.2) is 56.1 Å². The second-order valence-corrected chi connectivity index (χ2v) is 8.40. The van der Waals surface area contributed by atoms with Crippen LogP contribution in [0.3, 0.4) is 0 Å². The van der Waals surface area contributed by atoms with Gasteiger partial charge in [-0.2, -0.15) is 10.2 Å². The lowest BCUT2D eigenvalue weighted by atomic mass is 10.0. The van der Waals surface area contributed by atoms with E-state index in [-0.39, 0.29) is 12.1 Å². The molecule has 0 saturated carbocycles. The van der Waals surface area contributed by atoms with Gasteiger partial charge in [0, 0.05) is 42.2 Å². The van der Waals surface area contributed by atoms with E-state index >= 15 is 0 Å². The quantitative estimate of drug-likeness (QED) is 0.605. The molecular weight excluding hydrogens is 426 g/mol. The van der Waals surface area contributed by atoms with E-state index in [9.17, 15) is 13.6 Å². The number of carbonyl (C=O) groups is 1. The van der Waals surface area contributed by atoms with Gasteiger partial charge in [0.15, 0.2) is 0 Å². The average molecular weight is 444 g/mol. The van der Waals surface area contributed by atoms with Crippen molar-refractivity contribution in [1.29, 1.82) is 0 Å². The number of carbonyl (C=O) groups excluding carboxylic acids is 1. The average Bonchev–Trinajstić information content (AvgIpc) is 3.45. The van der Waals surface area contributed by atoms with Gasteiger partial charge in [0.2, 0.25) is 0 Å². The lowest BCUT2D eigenvalue weighted by Crippen LogP contribution is -2.58. The molecule has 8 nitrogen and oxygen atoms in total. The number of halogens is 2. The number of likely N-dealkylation sites (tertiary alicyclic amines) is 1. The number of urea groups is 1. The maximum atomic E-state index is 13.6. The minimum atomic E-state index is -0.679. The van der Waals surface area contributed by atoms with Crippen molar-refractivity contribution in [3.8, 4) is 5.19 Å². The fourth-order valence-electron chi connectivity index (χ4n) is 3.57. The number of hydrazone groups is 1. The zero-order chi connectivity index (χ0) is 21.4. The van der Waals surface area contributed by atoms with Gasteiger partial charge < -0.3 is 9.64 Å². The third kappa shape index (κ3) is 4.13. The molecule has 0 spiro atoms. The molecule has 31 heavy (non-hydrogen) atoms. The van der Waals surface area contributed by atoms with Gasteiger partial charge in [-0.05, 0) is 23.8 Å². The molecule has 3 aromatic rings. The van der Waals surface area contributed by atoms with Crippen LogP contribution in [0, 0.1) is 11.6 Å². The van der Waals surface area contributed by atoms with Crippen LogP contribution in [0.5, 0.6) is 5.19 Å². The molecule has 160 valence electrons. The molecule has 2 aliphatic rings. The maximum Gasteiger partial charge on any atom is 0.341 e. The van der Waals surface area contributed by atoms with E-state index < -0.39 is 17.7 Å². The molecular formula is C20H18F2N6O2S. The highest BCUT2D eigenvalue weighted by Gasteiger charge is 2.39. The molecule has 4 heterocycles. The fourth-order valence-corrected chi connectivity index (χ4v) is 4.39. The third-order valence-electron chi connectivity index (χ3n) is 5.09. The summed E-state index contributed by atoms with van der Waals surface area (Å²) in [5.41, 5.74) is 0.379. The first kappa shape index (κ1) is 19.6. The van der Waals surface area contributed by atoms with Crippen molar-refractivity contribution in [1.82, 2.24) is 24.7 Å². The summed E-state index contributed by atoms with van der Waals surface area (Å²) in [6.07, 6.45) is 7.17. The third-order valence-corrected chi connectivity index (χ3v) is 5.96. The van der Waals surface area contributed by atoms with Crippen molar-refractivity contribution < 1.29 is 18.3 Å². The Bertz CT molecular complexity index is 1090. The Kier molecular flexibility index (Phi) is 5.10. The van der Waals surface area contributed by atoms with E-state index in [1.54, 1.807) is 28.2 Å². The first-order valence-corrected chi connectivity index (χ1v) is 10.5. The summed E-state index contributed by atoms with van der Waals surface area (Å²) in [7, 11) is 0. The predicted molar refractivity (Wildman–Crippen MR) is 109 cm³/mol. The molecule has 2 amide bonds. The van der Waals surface area contributed by atoms with Gasteiger partial charge in [0.05, 0.1) is 25.7 Å². The minimum Gasteiger partial charge on any atom is -0.463 e. The summed E-state index contributed by atoms with van der Waals surface area (Å²) in [5.74, 6) is -1.36. The summed E-state index contributed by atoms with van der Waals surface area (Å²) in [4.78, 5) is 19.7. The summed E-state index contributed by atoms with van der Waals surface area (Å²) in [5, 5.41) is 10.1. The first-order valence-electron chi connectivity index (χ1n) is 9.70. The normalized spacial score (nSPS) is 18.5. The van der Waals surface area contributed by atoms with Gasteiger partial charge in [0.1, 0.15) is 17.7 Å². The van der Waals surface area contributed by atoms with Crippen LogP contribution < -0.4 is 4.74 Å². The van der Waals surface area contributed by atoms with E-state index in [4.69, 9.17) is 4.74 Å². The molecule has 0 unspecified atom stereocenters. The molecule has 2 aromatic heterocycles. The Labute approximate surface area is 180 Å². The Morgan fingerprint density at radius 1 is 1.23 bits per heavy atom. The second-order valence-electron chi connectivity index (χ2n) is 7.32. The van der Waals surface area contributed by atoms with Crippen LogP contribution in [0.1, 0.15) is 22.9 Å². The molecule has 1 fully saturated rings. The summed E-state index contributed by atoms with van der Waals surface area (Å²) < 4.78 is 34.8. The van der Waals surface area contributed by atoms with E-state index in [0.29, 0.717) is 36.8 Å². The van der Waals surface area contributed by atoms with E-state index in [1.807, 2.05) is 12.3 Å². The molecule has 0 radical (unpaired) electrons. The van der Waals surface area contributed by atoms with Crippen LogP contribution in [0.15, 0.2) is 48.0 Å². The van der Waals surface area contributed by atoms with Crippen LogP contribution >= 0.6 is 11.3 Å². The summed E-state index contributed by atoms with van der Waals surface area (Å²) in [6.45, 7) is 1.41. The molecule has 1 saturated heterocycles. The topological polar surface area (TPSA) is 75.9 Å². The Balaban J connectivity index is 1.16. The van der Waals surface area contributed by atoms with Gasteiger partial charge in [-0.3, -0.25) is 4.68 Å². The predicted octanol–water partition coefficient (Wildman–Crippen LogP) is 3.28. The number of amides is 2. The minimum absolute atomic E-state index is 0.163. The highest BCUT2D eigenvalue weighted by molar-refractivity contribution is 7.13. The molecule has 0 aliphatic carbocycles. The SMILES string of the molecule is O=C(N1CC(Oc2ncc(Cn3cccn3)s2)C1)N1N=CC[C@H]1c1cc(F)cc(F)c1. The molecule has 1 aromatic carbocycles. The number of thiazole rings is 1. The van der Waals surface area contributed by atoms with E-state index in [0.717, 1.165) is 10.9 Å². The Hall–Kier alpha value is -3.34.